The normalized spacial score (nSPS) is 17.9. The molecule has 1 saturated carbocycles. The van der Waals surface area contributed by atoms with Crippen LogP contribution >= 0.6 is 0 Å². The summed E-state index contributed by atoms with van der Waals surface area (Å²) in [6, 6.07) is 8.81. The molecule has 1 aromatic heterocycles. The van der Waals surface area contributed by atoms with E-state index in [-0.39, 0.29) is 5.41 Å². The van der Waals surface area contributed by atoms with E-state index >= 15 is 0 Å². The average molecular weight is 269 g/mol. The molecule has 0 bridgehead atoms. The minimum atomic E-state index is 0.134. The quantitative estimate of drug-likeness (QED) is 0.871. The van der Waals surface area contributed by atoms with Crippen molar-refractivity contribution < 1.29 is 0 Å². The molecule has 0 radical (unpaired) electrons. The maximum Gasteiger partial charge on any atom is 0.114 e. The lowest BCUT2D eigenvalue weighted by Gasteiger charge is -2.09. The fraction of sp³-hybridized carbons (Fsp3) is 0.471. The third-order valence-corrected chi connectivity index (χ3v) is 4.73. The molecule has 0 aliphatic heterocycles. The molecule has 3 rings (SSSR count). The number of nitrogens with one attached hydrogen (secondary N) is 1. The molecule has 0 saturated heterocycles. The zero-order chi connectivity index (χ0) is 14.2. The summed E-state index contributed by atoms with van der Waals surface area (Å²) in [5.41, 5.74) is 9.68. The second-order valence-electron chi connectivity index (χ2n) is 6.06. The van der Waals surface area contributed by atoms with Crippen molar-refractivity contribution in [2.24, 2.45) is 5.73 Å². The number of rotatable bonds is 5. The van der Waals surface area contributed by atoms with E-state index in [0.29, 0.717) is 12.5 Å². The van der Waals surface area contributed by atoms with Crippen LogP contribution in [0.5, 0.6) is 0 Å². The maximum absolute atomic E-state index is 5.86. The highest BCUT2D eigenvalue weighted by Crippen LogP contribution is 2.46. The van der Waals surface area contributed by atoms with E-state index in [2.05, 4.69) is 48.1 Å². The number of aromatic nitrogens is 2. The van der Waals surface area contributed by atoms with Gasteiger partial charge in [-0.1, -0.05) is 38.1 Å². The van der Waals surface area contributed by atoms with Gasteiger partial charge in [-0.2, -0.15) is 0 Å². The molecule has 3 nitrogen and oxygen atoms in total. The van der Waals surface area contributed by atoms with Gasteiger partial charge in [0.2, 0.25) is 0 Å². The van der Waals surface area contributed by atoms with E-state index in [1.54, 1.807) is 0 Å². The summed E-state index contributed by atoms with van der Waals surface area (Å²) in [6.07, 6.45) is 5.42. The Hall–Kier alpha value is -1.61. The molecule has 1 atom stereocenters. The first kappa shape index (κ1) is 13.4. The van der Waals surface area contributed by atoms with Gasteiger partial charge in [0, 0.05) is 12.0 Å². The van der Waals surface area contributed by atoms with Crippen LogP contribution in [0, 0.1) is 0 Å². The fourth-order valence-corrected chi connectivity index (χ4v) is 2.65. The third kappa shape index (κ3) is 2.27. The highest BCUT2D eigenvalue weighted by molar-refractivity contribution is 5.59. The van der Waals surface area contributed by atoms with Crippen molar-refractivity contribution in [2.45, 2.75) is 44.4 Å². The van der Waals surface area contributed by atoms with Gasteiger partial charge in [0.05, 0.1) is 11.9 Å². The minimum Gasteiger partial charge on any atom is -0.342 e. The van der Waals surface area contributed by atoms with Gasteiger partial charge in [-0.25, -0.2) is 4.98 Å². The minimum absolute atomic E-state index is 0.134. The Bertz CT molecular complexity index is 579. The molecule has 1 aromatic carbocycles. The zero-order valence-electron chi connectivity index (χ0n) is 12.3. The van der Waals surface area contributed by atoms with Crippen LogP contribution in [0.4, 0.5) is 0 Å². The smallest absolute Gasteiger partial charge is 0.114 e. The highest BCUT2D eigenvalue weighted by atomic mass is 15.0. The molecule has 2 aromatic rings. The van der Waals surface area contributed by atoms with Crippen LogP contribution in [0.1, 0.15) is 50.4 Å². The molecule has 3 N–H and O–H groups in total. The number of benzene rings is 1. The lowest BCUT2D eigenvalue weighted by Crippen LogP contribution is -2.21. The Morgan fingerprint density at radius 3 is 2.55 bits per heavy atom. The molecule has 1 aliphatic carbocycles. The number of aromatic amines is 1. The van der Waals surface area contributed by atoms with E-state index in [0.717, 1.165) is 24.4 Å². The number of H-pyrrole nitrogens is 1. The maximum atomic E-state index is 5.86. The molecular weight excluding hydrogens is 246 g/mol. The second kappa shape index (κ2) is 5.06. The second-order valence-corrected chi connectivity index (χ2v) is 6.06. The van der Waals surface area contributed by atoms with Gasteiger partial charge in [0.1, 0.15) is 5.82 Å². The fourth-order valence-electron chi connectivity index (χ4n) is 2.65. The van der Waals surface area contributed by atoms with Crippen LogP contribution in [0.25, 0.3) is 11.3 Å². The first-order valence-electron chi connectivity index (χ1n) is 7.54. The molecule has 20 heavy (non-hydrogen) atoms. The standard InChI is InChI=1S/C17H23N3/c1-3-12(2)13-4-6-14(7-5-13)15-10-19-16(20-15)17(11-18)8-9-17/h4-7,10,12H,3,8-9,11,18H2,1-2H3,(H,19,20). The number of hydrogen-bond acceptors (Lipinski definition) is 2. The van der Waals surface area contributed by atoms with Gasteiger partial charge in [0.25, 0.3) is 0 Å². The van der Waals surface area contributed by atoms with Crippen molar-refractivity contribution in [1.29, 1.82) is 0 Å². The number of nitrogens with two attached hydrogens (primary N) is 1. The highest BCUT2D eigenvalue weighted by Gasteiger charge is 2.45. The van der Waals surface area contributed by atoms with Crippen LogP contribution < -0.4 is 5.73 Å². The predicted molar refractivity (Wildman–Crippen MR) is 82.7 cm³/mol. The van der Waals surface area contributed by atoms with Gasteiger partial charge >= 0.3 is 0 Å². The van der Waals surface area contributed by atoms with Crippen LogP contribution in [0.15, 0.2) is 30.5 Å². The van der Waals surface area contributed by atoms with Crippen molar-refractivity contribution in [3.05, 3.63) is 41.9 Å². The molecule has 106 valence electrons. The Balaban J connectivity index is 1.83. The number of imidazole rings is 1. The summed E-state index contributed by atoms with van der Waals surface area (Å²) in [7, 11) is 0. The summed E-state index contributed by atoms with van der Waals surface area (Å²) < 4.78 is 0. The summed E-state index contributed by atoms with van der Waals surface area (Å²) in [4.78, 5) is 7.99. The molecule has 3 heteroatoms. The van der Waals surface area contributed by atoms with Crippen molar-refractivity contribution >= 4 is 0 Å². The molecule has 1 heterocycles. The van der Waals surface area contributed by atoms with Crippen molar-refractivity contribution in [1.82, 2.24) is 9.97 Å². The molecule has 0 spiro atoms. The van der Waals surface area contributed by atoms with Crippen LogP contribution in [0.3, 0.4) is 0 Å². The van der Waals surface area contributed by atoms with Gasteiger partial charge in [0.15, 0.2) is 0 Å². The molecule has 1 fully saturated rings. The lowest BCUT2D eigenvalue weighted by molar-refractivity contribution is 0.659. The van der Waals surface area contributed by atoms with E-state index in [1.165, 1.54) is 17.5 Å². The van der Waals surface area contributed by atoms with Crippen LogP contribution in [0.2, 0.25) is 0 Å². The van der Waals surface area contributed by atoms with Gasteiger partial charge in [-0.3, -0.25) is 0 Å². The molecular formula is C17H23N3. The Kier molecular flexibility index (Phi) is 3.38. The van der Waals surface area contributed by atoms with E-state index < -0.39 is 0 Å². The SMILES string of the molecule is CCC(C)c1ccc(-c2cnc(C3(CN)CC3)[nH]2)cc1. The summed E-state index contributed by atoms with van der Waals surface area (Å²) in [5.74, 6) is 1.68. The summed E-state index contributed by atoms with van der Waals surface area (Å²) in [6.45, 7) is 5.18. The average Bonchev–Trinajstić information content (AvgIpc) is 3.15. The van der Waals surface area contributed by atoms with E-state index in [9.17, 15) is 0 Å². The molecule has 1 unspecified atom stereocenters. The van der Waals surface area contributed by atoms with Crippen molar-refractivity contribution in [3.63, 3.8) is 0 Å². The summed E-state index contributed by atoms with van der Waals surface area (Å²) in [5, 5.41) is 0. The lowest BCUT2D eigenvalue weighted by atomic mass is 9.97. The molecule has 0 amide bonds. The van der Waals surface area contributed by atoms with Crippen molar-refractivity contribution in [2.75, 3.05) is 6.54 Å². The molecule has 1 aliphatic rings. The Morgan fingerprint density at radius 1 is 1.30 bits per heavy atom. The monoisotopic (exact) mass is 269 g/mol. The van der Waals surface area contributed by atoms with E-state index in [4.69, 9.17) is 5.73 Å². The predicted octanol–water partition coefficient (Wildman–Crippen LogP) is 3.58. The largest absolute Gasteiger partial charge is 0.342 e. The van der Waals surface area contributed by atoms with Crippen LogP contribution in [-0.4, -0.2) is 16.5 Å². The van der Waals surface area contributed by atoms with Gasteiger partial charge in [-0.15, -0.1) is 0 Å². The van der Waals surface area contributed by atoms with Gasteiger partial charge in [-0.05, 0) is 36.3 Å². The number of nitrogens with zero attached hydrogens (tertiary/aromatic N) is 1. The summed E-state index contributed by atoms with van der Waals surface area (Å²) >= 11 is 0. The van der Waals surface area contributed by atoms with Crippen molar-refractivity contribution in [3.8, 4) is 11.3 Å². The first-order valence-corrected chi connectivity index (χ1v) is 7.54. The van der Waals surface area contributed by atoms with Crippen LogP contribution in [-0.2, 0) is 5.41 Å². The topological polar surface area (TPSA) is 54.7 Å². The Labute approximate surface area is 120 Å². The first-order chi connectivity index (χ1) is 9.68. The Morgan fingerprint density at radius 2 is 2.00 bits per heavy atom. The number of hydrogen-bond donors (Lipinski definition) is 2. The zero-order valence-corrected chi connectivity index (χ0v) is 12.3. The van der Waals surface area contributed by atoms with E-state index in [1.807, 2.05) is 6.20 Å². The van der Waals surface area contributed by atoms with Gasteiger partial charge < -0.3 is 10.7 Å². The third-order valence-electron chi connectivity index (χ3n) is 4.73.